The van der Waals surface area contributed by atoms with Gasteiger partial charge < -0.3 is 9.97 Å². The minimum absolute atomic E-state index is 0.0152. The molecule has 0 radical (unpaired) electrons. The fraction of sp³-hybridized carbons (Fsp3) is 0.120. The minimum atomic E-state index is -0.0152. The molecular weight excluding hydrogens is 360 g/mol. The SMILES string of the molecule is Cc1c[nH]c(Cc2[nH]cc(C)c2C(=O)c2ccccc2)c1C(=O)c1ccccc1. The van der Waals surface area contributed by atoms with Gasteiger partial charge in [0.2, 0.25) is 0 Å². The molecule has 2 heterocycles. The zero-order valence-electron chi connectivity index (χ0n) is 16.5. The van der Waals surface area contributed by atoms with Crippen molar-refractivity contribution >= 4 is 11.6 Å². The summed E-state index contributed by atoms with van der Waals surface area (Å²) in [5.74, 6) is -0.0304. The maximum absolute atomic E-state index is 13.1. The van der Waals surface area contributed by atoms with Crippen molar-refractivity contribution in [3.63, 3.8) is 0 Å². The molecule has 0 amide bonds. The quantitative estimate of drug-likeness (QED) is 0.460. The molecule has 4 nitrogen and oxygen atoms in total. The molecule has 2 N–H and O–H groups in total. The number of hydrogen-bond acceptors (Lipinski definition) is 2. The molecule has 0 bridgehead atoms. The van der Waals surface area contributed by atoms with E-state index in [-0.39, 0.29) is 11.6 Å². The van der Waals surface area contributed by atoms with Crippen LogP contribution in [0.25, 0.3) is 0 Å². The summed E-state index contributed by atoms with van der Waals surface area (Å²) in [6, 6.07) is 18.5. The van der Waals surface area contributed by atoms with Gasteiger partial charge in [-0.15, -0.1) is 0 Å². The lowest BCUT2D eigenvalue weighted by Gasteiger charge is -2.08. The van der Waals surface area contributed by atoms with Crippen LogP contribution in [0.5, 0.6) is 0 Å². The average Bonchev–Trinajstić information content (AvgIpc) is 3.30. The monoisotopic (exact) mass is 382 g/mol. The number of rotatable bonds is 6. The van der Waals surface area contributed by atoms with Gasteiger partial charge in [-0.05, 0) is 25.0 Å². The number of carbonyl (C=O) groups excluding carboxylic acids is 2. The first-order valence-electron chi connectivity index (χ1n) is 9.59. The predicted octanol–water partition coefficient (Wildman–Crippen LogP) is 5.01. The molecule has 4 rings (SSSR count). The fourth-order valence-electron chi connectivity index (χ4n) is 3.71. The van der Waals surface area contributed by atoms with Gasteiger partial charge >= 0.3 is 0 Å². The number of hydrogen-bond donors (Lipinski definition) is 2. The number of aryl methyl sites for hydroxylation is 2. The van der Waals surface area contributed by atoms with E-state index in [2.05, 4.69) is 9.97 Å². The topological polar surface area (TPSA) is 65.7 Å². The maximum atomic E-state index is 13.1. The van der Waals surface area contributed by atoms with Gasteiger partial charge in [-0.25, -0.2) is 0 Å². The second-order valence-corrected chi connectivity index (χ2v) is 7.22. The van der Waals surface area contributed by atoms with Gasteiger partial charge in [0.1, 0.15) is 0 Å². The normalized spacial score (nSPS) is 10.8. The Bertz CT molecular complexity index is 1070. The predicted molar refractivity (Wildman–Crippen MR) is 114 cm³/mol. The Kier molecular flexibility index (Phi) is 5.00. The number of nitrogens with one attached hydrogen (secondary N) is 2. The summed E-state index contributed by atoms with van der Waals surface area (Å²) in [5.41, 5.74) is 6.05. The second-order valence-electron chi connectivity index (χ2n) is 7.22. The van der Waals surface area contributed by atoms with Crippen LogP contribution in [0, 0.1) is 13.8 Å². The van der Waals surface area contributed by atoms with E-state index in [1.165, 1.54) is 0 Å². The number of ketones is 2. The van der Waals surface area contributed by atoms with Crippen molar-refractivity contribution in [3.8, 4) is 0 Å². The molecule has 0 aliphatic rings. The van der Waals surface area contributed by atoms with Crippen molar-refractivity contribution < 1.29 is 9.59 Å². The fourth-order valence-corrected chi connectivity index (χ4v) is 3.71. The van der Waals surface area contributed by atoms with Crippen molar-refractivity contribution in [2.24, 2.45) is 0 Å². The third-order valence-electron chi connectivity index (χ3n) is 5.20. The molecule has 0 unspecified atom stereocenters. The van der Waals surface area contributed by atoms with Gasteiger partial charge in [0.25, 0.3) is 0 Å². The first-order valence-corrected chi connectivity index (χ1v) is 9.59. The molecule has 0 aliphatic heterocycles. The Morgan fingerprint density at radius 3 is 1.41 bits per heavy atom. The van der Waals surface area contributed by atoms with E-state index >= 15 is 0 Å². The molecule has 0 atom stereocenters. The standard InChI is InChI=1S/C25H22N2O2/c1-16-14-26-20(22(16)24(28)18-9-5-3-6-10-18)13-21-23(17(2)15-27-21)25(29)19-11-7-4-8-12-19/h3-12,14-15,26-27H,13H2,1-2H3. The van der Waals surface area contributed by atoms with Crippen LogP contribution in [-0.4, -0.2) is 21.5 Å². The van der Waals surface area contributed by atoms with E-state index in [0.717, 1.165) is 22.5 Å². The molecule has 2 aromatic heterocycles. The molecule has 4 aromatic rings. The second kappa shape index (κ2) is 7.76. The van der Waals surface area contributed by atoms with Crippen LogP contribution in [0.15, 0.2) is 73.1 Å². The van der Waals surface area contributed by atoms with Crippen molar-refractivity contribution in [2.75, 3.05) is 0 Å². The Morgan fingerprint density at radius 1 is 0.655 bits per heavy atom. The van der Waals surface area contributed by atoms with Crippen LogP contribution in [0.2, 0.25) is 0 Å². The van der Waals surface area contributed by atoms with Crippen LogP contribution >= 0.6 is 0 Å². The first-order chi connectivity index (χ1) is 14.1. The first kappa shape index (κ1) is 18.7. The highest BCUT2D eigenvalue weighted by Gasteiger charge is 2.22. The van der Waals surface area contributed by atoms with E-state index in [9.17, 15) is 9.59 Å². The zero-order valence-corrected chi connectivity index (χ0v) is 16.5. The lowest BCUT2D eigenvalue weighted by Crippen LogP contribution is -2.09. The van der Waals surface area contributed by atoms with Gasteiger partial charge in [-0.2, -0.15) is 0 Å². The van der Waals surface area contributed by atoms with Gasteiger partial charge in [-0.3, -0.25) is 9.59 Å². The summed E-state index contributed by atoms with van der Waals surface area (Å²) in [4.78, 5) is 32.6. The number of benzene rings is 2. The average molecular weight is 382 g/mol. The van der Waals surface area contributed by atoms with E-state index in [4.69, 9.17) is 0 Å². The van der Waals surface area contributed by atoms with Crippen LogP contribution in [0.3, 0.4) is 0 Å². The van der Waals surface area contributed by atoms with Crippen LogP contribution < -0.4 is 0 Å². The molecule has 144 valence electrons. The summed E-state index contributed by atoms with van der Waals surface area (Å²) in [5, 5.41) is 0. The molecule has 0 saturated heterocycles. The summed E-state index contributed by atoms with van der Waals surface area (Å²) in [6.45, 7) is 3.85. The molecule has 4 heteroatoms. The lowest BCUT2D eigenvalue weighted by molar-refractivity contribution is 0.103. The van der Waals surface area contributed by atoms with Gasteiger partial charge in [-0.1, -0.05) is 60.7 Å². The lowest BCUT2D eigenvalue weighted by atomic mass is 9.95. The Balaban J connectivity index is 1.70. The van der Waals surface area contributed by atoms with E-state index in [0.29, 0.717) is 28.7 Å². The summed E-state index contributed by atoms with van der Waals surface area (Å²) in [7, 11) is 0. The Labute approximate surface area is 169 Å². The minimum Gasteiger partial charge on any atom is -0.364 e. The van der Waals surface area contributed by atoms with Crippen molar-refractivity contribution in [1.29, 1.82) is 0 Å². The molecule has 0 aliphatic carbocycles. The Hall–Kier alpha value is -3.66. The molecule has 0 spiro atoms. The molecule has 0 fully saturated rings. The van der Waals surface area contributed by atoms with Crippen molar-refractivity contribution in [2.45, 2.75) is 20.3 Å². The largest absolute Gasteiger partial charge is 0.364 e. The highest BCUT2D eigenvalue weighted by Crippen LogP contribution is 2.25. The van der Waals surface area contributed by atoms with Crippen molar-refractivity contribution in [3.05, 3.63) is 118 Å². The molecule has 29 heavy (non-hydrogen) atoms. The zero-order chi connectivity index (χ0) is 20.4. The third kappa shape index (κ3) is 3.57. The van der Waals surface area contributed by atoms with Crippen LogP contribution in [0.4, 0.5) is 0 Å². The molecular formula is C25H22N2O2. The smallest absolute Gasteiger partial charge is 0.195 e. The maximum Gasteiger partial charge on any atom is 0.195 e. The van der Waals surface area contributed by atoms with Gasteiger partial charge in [0.05, 0.1) is 0 Å². The number of carbonyl (C=O) groups is 2. The summed E-state index contributed by atoms with van der Waals surface area (Å²) < 4.78 is 0. The van der Waals surface area contributed by atoms with Crippen molar-refractivity contribution in [1.82, 2.24) is 9.97 Å². The number of aromatic amines is 2. The van der Waals surface area contributed by atoms with E-state index in [1.54, 1.807) is 0 Å². The highest BCUT2D eigenvalue weighted by molar-refractivity contribution is 6.12. The molecule has 2 aromatic carbocycles. The highest BCUT2D eigenvalue weighted by atomic mass is 16.1. The third-order valence-corrected chi connectivity index (χ3v) is 5.20. The number of aromatic nitrogens is 2. The van der Waals surface area contributed by atoms with Gasteiger partial charge in [0.15, 0.2) is 11.6 Å². The Morgan fingerprint density at radius 2 is 1.03 bits per heavy atom. The van der Waals surface area contributed by atoms with Gasteiger partial charge in [0, 0.05) is 52.5 Å². The summed E-state index contributed by atoms with van der Waals surface area (Å²) >= 11 is 0. The number of H-pyrrole nitrogens is 2. The molecule has 0 saturated carbocycles. The summed E-state index contributed by atoms with van der Waals surface area (Å²) in [6.07, 6.45) is 4.14. The van der Waals surface area contributed by atoms with E-state index in [1.807, 2.05) is 86.9 Å². The van der Waals surface area contributed by atoms with Crippen LogP contribution in [0.1, 0.15) is 54.4 Å². The van der Waals surface area contributed by atoms with E-state index < -0.39 is 0 Å². The van der Waals surface area contributed by atoms with Crippen LogP contribution in [-0.2, 0) is 6.42 Å².